The highest BCUT2D eigenvalue weighted by molar-refractivity contribution is 6.44. The fourth-order valence-electron chi connectivity index (χ4n) is 2.85. The molecule has 2 aromatic carbocycles. The van der Waals surface area contributed by atoms with Crippen molar-refractivity contribution in [2.24, 2.45) is 5.73 Å². The van der Waals surface area contributed by atoms with Crippen LogP contribution in [0.5, 0.6) is 0 Å². The maximum absolute atomic E-state index is 12.5. The summed E-state index contributed by atoms with van der Waals surface area (Å²) in [5.41, 5.74) is 7.48. The molecule has 0 aliphatic carbocycles. The molecule has 0 saturated heterocycles. The Hall–Kier alpha value is -3.15. The van der Waals surface area contributed by atoms with E-state index in [-0.39, 0.29) is 11.3 Å². The average molecular weight is 323 g/mol. The third kappa shape index (κ3) is 2.99. The Morgan fingerprint density at radius 3 is 2.50 bits per heavy atom. The van der Waals surface area contributed by atoms with Crippen LogP contribution in [0.4, 0.5) is 11.4 Å². The molecule has 0 saturated carbocycles. The second kappa shape index (κ2) is 6.54. The van der Waals surface area contributed by atoms with Crippen molar-refractivity contribution in [1.29, 1.82) is 0 Å². The van der Waals surface area contributed by atoms with Gasteiger partial charge >= 0.3 is 11.8 Å². The Balaban J connectivity index is 1.82. The Morgan fingerprint density at radius 1 is 1.00 bits per heavy atom. The van der Waals surface area contributed by atoms with Gasteiger partial charge in [0.05, 0.1) is 11.3 Å². The third-order valence-corrected chi connectivity index (χ3v) is 3.99. The number of nitrogens with two attached hydrogens (primary N) is 1. The number of nitrogens with zero attached hydrogens (tertiary/aromatic N) is 1. The number of carbonyl (C=O) groups is 3. The van der Waals surface area contributed by atoms with Gasteiger partial charge in [0.25, 0.3) is 5.91 Å². The van der Waals surface area contributed by atoms with E-state index in [9.17, 15) is 14.4 Å². The van der Waals surface area contributed by atoms with Gasteiger partial charge in [0, 0.05) is 12.2 Å². The summed E-state index contributed by atoms with van der Waals surface area (Å²) in [4.78, 5) is 37.8. The first-order chi connectivity index (χ1) is 11.6. The molecule has 0 atom stereocenters. The molecule has 122 valence electrons. The Bertz CT molecular complexity index is 817. The molecule has 1 heterocycles. The molecule has 24 heavy (non-hydrogen) atoms. The van der Waals surface area contributed by atoms with E-state index in [2.05, 4.69) is 5.32 Å². The second-order valence-electron chi connectivity index (χ2n) is 5.55. The normalized spacial score (nSPS) is 13.1. The quantitative estimate of drug-likeness (QED) is 0.824. The van der Waals surface area contributed by atoms with Gasteiger partial charge in [-0.15, -0.1) is 0 Å². The van der Waals surface area contributed by atoms with E-state index in [0.29, 0.717) is 6.54 Å². The van der Waals surface area contributed by atoms with Crippen molar-refractivity contribution in [2.45, 2.75) is 12.8 Å². The lowest BCUT2D eigenvalue weighted by molar-refractivity contribution is -0.134. The minimum Gasteiger partial charge on any atom is -0.366 e. The molecule has 3 amide bonds. The van der Waals surface area contributed by atoms with Gasteiger partial charge in [-0.25, -0.2) is 0 Å². The van der Waals surface area contributed by atoms with Crippen LogP contribution < -0.4 is 16.0 Å². The van der Waals surface area contributed by atoms with Crippen molar-refractivity contribution < 1.29 is 14.4 Å². The minimum atomic E-state index is -0.791. The fraction of sp³-hybridized carbons (Fsp3) is 0.167. The third-order valence-electron chi connectivity index (χ3n) is 3.99. The zero-order valence-electron chi connectivity index (χ0n) is 13.0. The molecule has 6 nitrogen and oxygen atoms in total. The van der Waals surface area contributed by atoms with Crippen LogP contribution >= 0.6 is 0 Å². The Morgan fingerprint density at radius 2 is 1.71 bits per heavy atom. The summed E-state index contributed by atoms with van der Waals surface area (Å²) < 4.78 is 0. The van der Waals surface area contributed by atoms with Crippen LogP contribution in [0.15, 0.2) is 48.5 Å². The van der Waals surface area contributed by atoms with Crippen LogP contribution in [0.2, 0.25) is 0 Å². The summed E-state index contributed by atoms with van der Waals surface area (Å²) in [5, 5.41) is 2.49. The van der Waals surface area contributed by atoms with E-state index in [1.807, 2.05) is 24.3 Å². The lowest BCUT2D eigenvalue weighted by Gasteiger charge is -2.28. The molecule has 3 N–H and O–H groups in total. The number of aryl methyl sites for hydroxylation is 1. The van der Waals surface area contributed by atoms with Crippen molar-refractivity contribution in [2.75, 3.05) is 16.8 Å². The largest absolute Gasteiger partial charge is 0.366 e. The number of hydrogen-bond acceptors (Lipinski definition) is 3. The van der Waals surface area contributed by atoms with Gasteiger partial charge in [0.2, 0.25) is 0 Å². The molecular formula is C18H17N3O3. The Labute approximate surface area is 139 Å². The first-order valence-electron chi connectivity index (χ1n) is 7.67. The predicted octanol–water partition coefficient (Wildman–Crippen LogP) is 1.70. The summed E-state index contributed by atoms with van der Waals surface area (Å²) in [6.07, 6.45) is 1.68. The van der Waals surface area contributed by atoms with Gasteiger partial charge < -0.3 is 16.0 Å². The van der Waals surface area contributed by atoms with Crippen LogP contribution in [-0.4, -0.2) is 24.3 Å². The SMILES string of the molecule is NC(=O)c1ccccc1NC(=O)C(=O)N1CCCc2ccccc21. The van der Waals surface area contributed by atoms with Crippen molar-refractivity contribution in [3.63, 3.8) is 0 Å². The zero-order valence-corrected chi connectivity index (χ0v) is 13.0. The first kappa shape index (κ1) is 15.7. The lowest BCUT2D eigenvalue weighted by Crippen LogP contribution is -2.42. The molecular weight excluding hydrogens is 306 g/mol. The number of para-hydroxylation sites is 2. The van der Waals surface area contributed by atoms with Gasteiger partial charge in [-0.1, -0.05) is 30.3 Å². The number of amides is 3. The van der Waals surface area contributed by atoms with Crippen molar-refractivity contribution >= 4 is 29.1 Å². The summed E-state index contributed by atoms with van der Waals surface area (Å²) in [7, 11) is 0. The number of benzene rings is 2. The molecule has 0 aromatic heterocycles. The van der Waals surface area contributed by atoms with Crippen molar-refractivity contribution in [3.8, 4) is 0 Å². The van der Waals surface area contributed by atoms with Gasteiger partial charge in [-0.05, 0) is 36.6 Å². The van der Waals surface area contributed by atoms with Gasteiger partial charge in [-0.2, -0.15) is 0 Å². The molecule has 0 fully saturated rings. The smallest absolute Gasteiger partial charge is 0.316 e. The molecule has 2 aromatic rings. The Kier molecular flexibility index (Phi) is 4.29. The highest BCUT2D eigenvalue weighted by Crippen LogP contribution is 2.27. The molecule has 6 heteroatoms. The van der Waals surface area contributed by atoms with Crippen LogP contribution in [0.25, 0.3) is 0 Å². The topological polar surface area (TPSA) is 92.5 Å². The van der Waals surface area contributed by atoms with Crippen LogP contribution in [-0.2, 0) is 16.0 Å². The number of carbonyl (C=O) groups excluding carboxylic acids is 3. The average Bonchev–Trinajstić information content (AvgIpc) is 2.61. The number of hydrogen-bond donors (Lipinski definition) is 2. The number of rotatable bonds is 2. The van der Waals surface area contributed by atoms with E-state index in [0.717, 1.165) is 24.1 Å². The van der Waals surface area contributed by atoms with E-state index >= 15 is 0 Å². The van der Waals surface area contributed by atoms with E-state index in [1.54, 1.807) is 12.1 Å². The molecule has 1 aliphatic rings. The number of primary amides is 1. The van der Waals surface area contributed by atoms with Crippen molar-refractivity contribution in [3.05, 3.63) is 59.7 Å². The molecule has 1 aliphatic heterocycles. The number of anilines is 2. The zero-order chi connectivity index (χ0) is 17.1. The van der Waals surface area contributed by atoms with Crippen molar-refractivity contribution in [1.82, 2.24) is 0 Å². The van der Waals surface area contributed by atoms with Crippen LogP contribution in [0.3, 0.4) is 0 Å². The lowest BCUT2D eigenvalue weighted by atomic mass is 10.0. The predicted molar refractivity (Wildman–Crippen MR) is 90.7 cm³/mol. The molecule has 3 rings (SSSR count). The fourth-order valence-corrected chi connectivity index (χ4v) is 2.85. The highest BCUT2D eigenvalue weighted by Gasteiger charge is 2.27. The second-order valence-corrected chi connectivity index (χ2v) is 5.55. The minimum absolute atomic E-state index is 0.165. The number of fused-ring (bicyclic) bond motifs is 1. The maximum Gasteiger partial charge on any atom is 0.316 e. The standard InChI is InChI=1S/C18H17N3O3/c19-16(22)13-8-2-3-9-14(13)20-17(23)18(24)21-11-5-7-12-6-1-4-10-15(12)21/h1-4,6,8-10H,5,7,11H2,(H2,19,22)(H,20,23). The van der Waals surface area contributed by atoms with Crippen LogP contribution in [0.1, 0.15) is 22.3 Å². The summed E-state index contributed by atoms with van der Waals surface area (Å²) in [6.45, 7) is 0.487. The number of nitrogens with one attached hydrogen (secondary N) is 1. The van der Waals surface area contributed by atoms with E-state index in [4.69, 9.17) is 5.73 Å². The molecule has 0 spiro atoms. The summed E-state index contributed by atoms with van der Waals surface area (Å²) >= 11 is 0. The molecule has 0 bridgehead atoms. The molecule has 0 radical (unpaired) electrons. The summed E-state index contributed by atoms with van der Waals surface area (Å²) in [5.74, 6) is -2.11. The van der Waals surface area contributed by atoms with Gasteiger partial charge in [0.1, 0.15) is 0 Å². The summed E-state index contributed by atoms with van der Waals surface area (Å²) in [6, 6.07) is 13.9. The monoisotopic (exact) mass is 323 g/mol. The van der Waals surface area contributed by atoms with E-state index < -0.39 is 17.7 Å². The van der Waals surface area contributed by atoms with Gasteiger partial charge in [0.15, 0.2) is 0 Å². The molecule has 0 unspecified atom stereocenters. The maximum atomic E-state index is 12.5. The highest BCUT2D eigenvalue weighted by atomic mass is 16.2. The first-order valence-corrected chi connectivity index (χ1v) is 7.67. The van der Waals surface area contributed by atoms with Gasteiger partial charge in [-0.3, -0.25) is 14.4 Å². The van der Waals surface area contributed by atoms with E-state index in [1.165, 1.54) is 17.0 Å². The van der Waals surface area contributed by atoms with Crippen LogP contribution in [0, 0.1) is 0 Å².